The van der Waals surface area contributed by atoms with E-state index in [-0.39, 0.29) is 17.4 Å². The third-order valence-electron chi connectivity index (χ3n) is 2.69. The predicted molar refractivity (Wildman–Crippen MR) is 57.0 cm³/mol. The van der Waals surface area contributed by atoms with Gasteiger partial charge in [-0.25, -0.2) is 9.48 Å². The fourth-order valence-electron chi connectivity index (χ4n) is 1.87. The minimum atomic E-state index is -1.45. The van der Waals surface area contributed by atoms with Gasteiger partial charge in [0.15, 0.2) is 0 Å². The van der Waals surface area contributed by atoms with Gasteiger partial charge in [-0.15, -0.1) is 0 Å². The Hall–Kier alpha value is -2.05. The molecule has 0 aromatic carbocycles. The van der Waals surface area contributed by atoms with Crippen LogP contribution >= 0.6 is 0 Å². The van der Waals surface area contributed by atoms with Crippen LogP contribution in [-0.2, 0) is 7.05 Å². The second-order valence-electron chi connectivity index (χ2n) is 3.85. The van der Waals surface area contributed by atoms with Gasteiger partial charge in [-0.3, -0.25) is 4.79 Å². The first-order valence-corrected chi connectivity index (χ1v) is 5.31. The molecule has 0 saturated carbocycles. The first kappa shape index (κ1) is 11.4. The lowest BCUT2D eigenvalue weighted by atomic mass is 10.3. The summed E-state index contributed by atoms with van der Waals surface area (Å²) in [7, 11) is 1.53. The van der Waals surface area contributed by atoms with Crippen molar-refractivity contribution in [2.24, 2.45) is 7.05 Å². The van der Waals surface area contributed by atoms with Crippen LogP contribution in [0, 0.1) is 0 Å². The highest BCUT2D eigenvalue weighted by molar-refractivity contribution is 5.96. The molecule has 1 saturated heterocycles. The summed E-state index contributed by atoms with van der Waals surface area (Å²) in [6, 6.07) is 0. The van der Waals surface area contributed by atoms with Crippen molar-refractivity contribution in [3.05, 3.63) is 11.8 Å². The predicted octanol–water partition coefficient (Wildman–Crippen LogP) is 0.713. The average molecular weight is 239 g/mol. The summed E-state index contributed by atoms with van der Waals surface area (Å²) < 4.78 is 5.80. The molecule has 1 aromatic rings. The van der Waals surface area contributed by atoms with E-state index in [9.17, 15) is 9.59 Å². The van der Waals surface area contributed by atoms with E-state index in [1.54, 1.807) is 4.90 Å². The monoisotopic (exact) mass is 239 g/mol. The van der Waals surface area contributed by atoms with Crippen LogP contribution in [-0.4, -0.2) is 44.9 Å². The summed E-state index contributed by atoms with van der Waals surface area (Å²) in [5.41, 5.74) is 0.191. The van der Waals surface area contributed by atoms with E-state index < -0.39 is 6.16 Å². The Morgan fingerprint density at radius 3 is 2.65 bits per heavy atom. The minimum Gasteiger partial charge on any atom is -0.449 e. The third-order valence-corrected chi connectivity index (χ3v) is 2.69. The summed E-state index contributed by atoms with van der Waals surface area (Å²) in [5, 5.41) is 12.4. The zero-order chi connectivity index (χ0) is 12.4. The highest BCUT2D eigenvalue weighted by Crippen LogP contribution is 2.21. The Morgan fingerprint density at radius 1 is 1.41 bits per heavy atom. The molecule has 0 aliphatic carbocycles. The van der Waals surface area contributed by atoms with E-state index in [2.05, 4.69) is 9.84 Å². The Bertz CT molecular complexity index is 448. The number of carbonyl (C=O) groups is 2. The van der Waals surface area contributed by atoms with Gasteiger partial charge in [0.2, 0.25) is 5.88 Å². The molecule has 2 heterocycles. The fourth-order valence-corrected chi connectivity index (χ4v) is 1.87. The van der Waals surface area contributed by atoms with Gasteiger partial charge < -0.3 is 14.7 Å². The zero-order valence-electron chi connectivity index (χ0n) is 9.42. The number of hydrogen-bond donors (Lipinski definition) is 1. The van der Waals surface area contributed by atoms with E-state index in [1.165, 1.54) is 17.9 Å². The number of ether oxygens (including phenoxy) is 1. The van der Waals surface area contributed by atoms with Crippen LogP contribution in [0.5, 0.6) is 5.88 Å². The molecular weight excluding hydrogens is 226 g/mol. The molecule has 0 atom stereocenters. The Balaban J connectivity index is 2.25. The largest absolute Gasteiger partial charge is 0.512 e. The van der Waals surface area contributed by atoms with E-state index in [4.69, 9.17) is 5.11 Å². The van der Waals surface area contributed by atoms with Crippen LogP contribution in [0.4, 0.5) is 4.79 Å². The number of carboxylic acid groups (broad SMARTS) is 1. The number of carbonyl (C=O) groups excluding carboxylic acids is 1. The average Bonchev–Trinajstić information content (AvgIpc) is 2.88. The van der Waals surface area contributed by atoms with E-state index in [0.29, 0.717) is 13.1 Å². The van der Waals surface area contributed by atoms with E-state index >= 15 is 0 Å². The van der Waals surface area contributed by atoms with Crippen molar-refractivity contribution >= 4 is 12.1 Å². The summed E-state index contributed by atoms with van der Waals surface area (Å²) in [6.45, 7) is 1.39. The maximum absolute atomic E-state index is 12.1. The van der Waals surface area contributed by atoms with Gasteiger partial charge in [-0.2, -0.15) is 5.10 Å². The van der Waals surface area contributed by atoms with Crippen LogP contribution in [0.1, 0.15) is 23.2 Å². The Kier molecular flexibility index (Phi) is 2.99. The second-order valence-corrected chi connectivity index (χ2v) is 3.85. The first-order chi connectivity index (χ1) is 8.09. The molecule has 7 nitrogen and oxygen atoms in total. The van der Waals surface area contributed by atoms with Crippen molar-refractivity contribution in [3.8, 4) is 5.88 Å². The molecule has 0 unspecified atom stereocenters. The molecule has 1 aliphatic rings. The summed E-state index contributed by atoms with van der Waals surface area (Å²) in [6.07, 6.45) is 1.82. The number of aryl methyl sites for hydroxylation is 1. The van der Waals surface area contributed by atoms with Crippen LogP contribution in [0.15, 0.2) is 6.20 Å². The van der Waals surface area contributed by atoms with Crippen molar-refractivity contribution in [2.45, 2.75) is 12.8 Å². The molecule has 17 heavy (non-hydrogen) atoms. The fraction of sp³-hybridized carbons (Fsp3) is 0.500. The molecular formula is C10H13N3O4. The number of nitrogens with zero attached hydrogens (tertiary/aromatic N) is 3. The summed E-state index contributed by atoms with van der Waals surface area (Å²) >= 11 is 0. The molecule has 1 aliphatic heterocycles. The van der Waals surface area contributed by atoms with Crippen molar-refractivity contribution in [1.82, 2.24) is 14.7 Å². The van der Waals surface area contributed by atoms with Gasteiger partial charge in [0.25, 0.3) is 5.91 Å². The highest BCUT2D eigenvalue weighted by Gasteiger charge is 2.26. The van der Waals surface area contributed by atoms with Crippen molar-refractivity contribution in [1.29, 1.82) is 0 Å². The summed E-state index contributed by atoms with van der Waals surface area (Å²) in [4.78, 5) is 24.3. The lowest BCUT2D eigenvalue weighted by molar-refractivity contribution is 0.0788. The van der Waals surface area contributed by atoms with Crippen LogP contribution < -0.4 is 4.74 Å². The lowest BCUT2D eigenvalue weighted by Crippen LogP contribution is -2.28. The number of likely N-dealkylation sites (tertiary alicyclic amines) is 1. The molecule has 1 amide bonds. The molecule has 1 fully saturated rings. The second kappa shape index (κ2) is 4.44. The molecule has 1 N–H and O–H groups in total. The number of rotatable bonds is 2. The third kappa shape index (κ3) is 2.22. The Morgan fingerprint density at radius 2 is 2.06 bits per heavy atom. The SMILES string of the molecule is Cn1ncc(C(=O)N2CCCC2)c1OC(=O)O. The number of hydrogen-bond acceptors (Lipinski definition) is 4. The number of aromatic nitrogens is 2. The van der Waals surface area contributed by atoms with Gasteiger partial charge in [-0.1, -0.05) is 0 Å². The molecule has 0 spiro atoms. The van der Waals surface area contributed by atoms with Gasteiger partial charge in [0, 0.05) is 20.1 Å². The van der Waals surface area contributed by atoms with Gasteiger partial charge in [0.1, 0.15) is 5.56 Å². The maximum Gasteiger partial charge on any atom is 0.512 e. The molecule has 7 heteroatoms. The topological polar surface area (TPSA) is 84.7 Å². The molecule has 92 valence electrons. The van der Waals surface area contributed by atoms with Crippen LogP contribution in [0.25, 0.3) is 0 Å². The first-order valence-electron chi connectivity index (χ1n) is 5.31. The van der Waals surface area contributed by atoms with Crippen molar-refractivity contribution in [3.63, 3.8) is 0 Å². The van der Waals surface area contributed by atoms with Crippen LogP contribution in [0.2, 0.25) is 0 Å². The quantitative estimate of drug-likeness (QED) is 0.768. The molecule has 0 bridgehead atoms. The summed E-state index contributed by atoms with van der Waals surface area (Å²) in [5.74, 6) is -0.263. The molecule has 0 radical (unpaired) electrons. The van der Waals surface area contributed by atoms with E-state index in [1.807, 2.05) is 0 Å². The van der Waals surface area contributed by atoms with Crippen molar-refractivity contribution in [2.75, 3.05) is 13.1 Å². The van der Waals surface area contributed by atoms with Crippen LogP contribution in [0.3, 0.4) is 0 Å². The van der Waals surface area contributed by atoms with Gasteiger partial charge in [-0.05, 0) is 12.8 Å². The van der Waals surface area contributed by atoms with Gasteiger partial charge >= 0.3 is 6.16 Å². The van der Waals surface area contributed by atoms with Gasteiger partial charge in [0.05, 0.1) is 6.20 Å². The molecule has 2 rings (SSSR count). The maximum atomic E-state index is 12.1. The minimum absolute atomic E-state index is 0.0330. The smallest absolute Gasteiger partial charge is 0.449 e. The van der Waals surface area contributed by atoms with Crippen molar-refractivity contribution < 1.29 is 19.4 Å². The standard InChI is InChI=1S/C10H13N3O4/c1-12-9(17-10(15)16)7(6-11-12)8(14)13-4-2-3-5-13/h6H,2-5H2,1H3,(H,15,16). The lowest BCUT2D eigenvalue weighted by Gasteiger charge is -2.14. The molecule has 1 aromatic heterocycles. The number of amides is 1. The highest BCUT2D eigenvalue weighted by atomic mass is 16.7. The zero-order valence-corrected chi connectivity index (χ0v) is 9.42. The van der Waals surface area contributed by atoms with E-state index in [0.717, 1.165) is 12.8 Å². The Labute approximate surface area is 97.6 Å². The normalized spacial score (nSPS) is 15.0.